The molecule has 2 aliphatic rings. The Kier molecular flexibility index (Phi) is 1.78. The van der Waals surface area contributed by atoms with Gasteiger partial charge in [-0.05, 0) is 37.0 Å². The first kappa shape index (κ1) is 8.28. The van der Waals surface area contributed by atoms with Crippen LogP contribution in [0.5, 0.6) is 0 Å². The van der Waals surface area contributed by atoms with Gasteiger partial charge in [-0.25, -0.2) is 0 Å². The molecule has 1 heteroatoms. The van der Waals surface area contributed by atoms with E-state index in [1.165, 1.54) is 19.3 Å². The Morgan fingerprint density at radius 1 is 1.33 bits per heavy atom. The summed E-state index contributed by atoms with van der Waals surface area (Å²) in [6.07, 6.45) is 5.73. The van der Waals surface area contributed by atoms with Crippen molar-refractivity contribution in [2.24, 2.45) is 17.3 Å². The molecule has 2 unspecified atom stereocenters. The number of fused-ring (bicyclic) bond motifs is 1. The van der Waals surface area contributed by atoms with Gasteiger partial charge in [0.2, 0.25) is 0 Å². The second kappa shape index (κ2) is 2.58. The zero-order chi connectivity index (χ0) is 8.77. The van der Waals surface area contributed by atoms with Crippen LogP contribution in [0.4, 0.5) is 0 Å². The number of hydrogen-bond acceptors (Lipinski definition) is 1. The van der Waals surface area contributed by atoms with Gasteiger partial charge in [0.15, 0.2) is 0 Å². The predicted octanol–water partition coefficient (Wildman–Crippen LogP) is 2.79. The molecule has 0 bridgehead atoms. The van der Waals surface area contributed by atoms with E-state index < -0.39 is 0 Å². The first-order chi connectivity index (χ1) is 5.58. The third-order valence-corrected chi connectivity index (χ3v) is 3.69. The zero-order valence-electron chi connectivity index (χ0n) is 8.10. The van der Waals surface area contributed by atoms with E-state index >= 15 is 0 Å². The summed E-state index contributed by atoms with van der Waals surface area (Å²) in [6, 6.07) is 0. The van der Waals surface area contributed by atoms with E-state index in [-0.39, 0.29) is 0 Å². The molecule has 0 aromatic carbocycles. The van der Waals surface area contributed by atoms with Crippen LogP contribution in [0.1, 0.15) is 46.0 Å². The minimum atomic E-state index is 0.457. The van der Waals surface area contributed by atoms with Gasteiger partial charge in [0.05, 0.1) is 0 Å². The Hall–Kier alpha value is -0.330. The number of rotatable bonds is 0. The molecule has 0 aromatic heterocycles. The summed E-state index contributed by atoms with van der Waals surface area (Å²) < 4.78 is 0. The summed E-state index contributed by atoms with van der Waals surface area (Å²) >= 11 is 0. The third-order valence-electron chi connectivity index (χ3n) is 3.69. The van der Waals surface area contributed by atoms with Crippen LogP contribution in [-0.2, 0) is 4.79 Å². The molecule has 0 aromatic rings. The van der Waals surface area contributed by atoms with Crippen LogP contribution >= 0.6 is 0 Å². The van der Waals surface area contributed by atoms with Gasteiger partial charge in [0.1, 0.15) is 5.78 Å². The van der Waals surface area contributed by atoms with Gasteiger partial charge in [0.25, 0.3) is 0 Å². The molecule has 2 fully saturated rings. The van der Waals surface area contributed by atoms with E-state index in [1.54, 1.807) is 0 Å². The molecule has 0 heterocycles. The molecule has 0 amide bonds. The SMILES string of the molecule is CC1(C)CCC2C(=O)CCC2C1. The average molecular weight is 166 g/mol. The van der Waals surface area contributed by atoms with Crippen LogP contribution in [0, 0.1) is 17.3 Å². The molecule has 12 heavy (non-hydrogen) atoms. The van der Waals surface area contributed by atoms with E-state index in [9.17, 15) is 4.79 Å². The van der Waals surface area contributed by atoms with Gasteiger partial charge in [0, 0.05) is 12.3 Å². The van der Waals surface area contributed by atoms with Crippen molar-refractivity contribution >= 4 is 5.78 Å². The van der Waals surface area contributed by atoms with Gasteiger partial charge in [-0.1, -0.05) is 13.8 Å². The van der Waals surface area contributed by atoms with Gasteiger partial charge in [-0.15, -0.1) is 0 Å². The van der Waals surface area contributed by atoms with Gasteiger partial charge >= 0.3 is 0 Å². The second-order valence-corrected chi connectivity index (χ2v) is 5.28. The van der Waals surface area contributed by atoms with Crippen molar-refractivity contribution in [3.8, 4) is 0 Å². The molecule has 68 valence electrons. The standard InChI is InChI=1S/C11H18O/c1-11(2)6-5-9-8(7-11)3-4-10(9)12/h8-9H,3-7H2,1-2H3. The Morgan fingerprint density at radius 3 is 2.83 bits per heavy atom. The van der Waals surface area contributed by atoms with Crippen LogP contribution in [0.2, 0.25) is 0 Å². The van der Waals surface area contributed by atoms with E-state index in [1.807, 2.05) is 0 Å². The molecule has 0 aliphatic heterocycles. The molecule has 2 saturated carbocycles. The lowest BCUT2D eigenvalue weighted by Crippen LogP contribution is -2.29. The number of carbonyl (C=O) groups is 1. The quantitative estimate of drug-likeness (QED) is 0.541. The Bertz CT molecular complexity index is 205. The highest BCUT2D eigenvalue weighted by atomic mass is 16.1. The summed E-state index contributed by atoms with van der Waals surface area (Å²) in [4.78, 5) is 11.4. The molecular weight excluding hydrogens is 148 g/mol. The summed E-state index contributed by atoms with van der Waals surface area (Å²) in [5.41, 5.74) is 0.506. The van der Waals surface area contributed by atoms with Crippen molar-refractivity contribution in [1.29, 1.82) is 0 Å². The largest absolute Gasteiger partial charge is 0.299 e. The summed E-state index contributed by atoms with van der Waals surface area (Å²) in [5.74, 6) is 1.75. The highest BCUT2D eigenvalue weighted by molar-refractivity contribution is 5.83. The van der Waals surface area contributed by atoms with Crippen molar-refractivity contribution in [2.45, 2.75) is 46.0 Å². The topological polar surface area (TPSA) is 17.1 Å². The van der Waals surface area contributed by atoms with Crippen molar-refractivity contribution in [2.75, 3.05) is 0 Å². The van der Waals surface area contributed by atoms with Crippen molar-refractivity contribution < 1.29 is 4.79 Å². The lowest BCUT2D eigenvalue weighted by atomic mass is 9.68. The Labute approximate surface area is 74.5 Å². The minimum Gasteiger partial charge on any atom is -0.299 e. The van der Waals surface area contributed by atoms with Gasteiger partial charge in [-0.2, -0.15) is 0 Å². The Morgan fingerprint density at radius 2 is 2.08 bits per heavy atom. The summed E-state index contributed by atoms with van der Waals surface area (Å²) in [5, 5.41) is 0. The van der Waals surface area contributed by atoms with E-state index in [2.05, 4.69) is 13.8 Å². The van der Waals surface area contributed by atoms with Gasteiger partial charge < -0.3 is 0 Å². The number of carbonyl (C=O) groups excluding carboxylic acids is 1. The number of Topliss-reactive ketones (excluding diaryl/α,β-unsaturated/α-hetero) is 1. The highest BCUT2D eigenvalue weighted by Crippen LogP contribution is 2.47. The Balaban J connectivity index is 2.09. The van der Waals surface area contributed by atoms with Crippen LogP contribution in [0.25, 0.3) is 0 Å². The van der Waals surface area contributed by atoms with Crippen molar-refractivity contribution in [3.05, 3.63) is 0 Å². The minimum absolute atomic E-state index is 0.457. The smallest absolute Gasteiger partial charge is 0.136 e. The lowest BCUT2D eigenvalue weighted by molar-refractivity contribution is -0.122. The van der Waals surface area contributed by atoms with Crippen LogP contribution < -0.4 is 0 Å². The van der Waals surface area contributed by atoms with Crippen molar-refractivity contribution in [1.82, 2.24) is 0 Å². The molecular formula is C11H18O. The van der Waals surface area contributed by atoms with E-state index in [0.717, 1.165) is 18.8 Å². The fourth-order valence-corrected chi connectivity index (χ4v) is 2.98. The molecule has 2 rings (SSSR count). The maximum atomic E-state index is 11.4. The second-order valence-electron chi connectivity index (χ2n) is 5.28. The van der Waals surface area contributed by atoms with Crippen LogP contribution in [0.15, 0.2) is 0 Å². The molecule has 0 radical (unpaired) electrons. The molecule has 2 atom stereocenters. The number of hydrogen-bond donors (Lipinski definition) is 0. The lowest BCUT2D eigenvalue weighted by Gasteiger charge is -2.36. The first-order valence-corrected chi connectivity index (χ1v) is 5.11. The van der Waals surface area contributed by atoms with Gasteiger partial charge in [-0.3, -0.25) is 4.79 Å². The zero-order valence-corrected chi connectivity index (χ0v) is 8.10. The summed E-state index contributed by atoms with van der Waals surface area (Å²) in [6.45, 7) is 4.68. The monoisotopic (exact) mass is 166 g/mol. The first-order valence-electron chi connectivity index (χ1n) is 5.11. The average Bonchev–Trinajstić information content (AvgIpc) is 2.30. The van der Waals surface area contributed by atoms with E-state index in [4.69, 9.17) is 0 Å². The summed E-state index contributed by atoms with van der Waals surface area (Å²) in [7, 11) is 0. The number of ketones is 1. The van der Waals surface area contributed by atoms with Crippen molar-refractivity contribution in [3.63, 3.8) is 0 Å². The normalized spacial score (nSPS) is 39.7. The van der Waals surface area contributed by atoms with Crippen LogP contribution in [0.3, 0.4) is 0 Å². The molecule has 2 aliphatic carbocycles. The molecule has 0 N–H and O–H groups in total. The fraction of sp³-hybridized carbons (Fsp3) is 0.909. The predicted molar refractivity (Wildman–Crippen MR) is 48.9 cm³/mol. The molecule has 1 nitrogen and oxygen atoms in total. The fourth-order valence-electron chi connectivity index (χ4n) is 2.98. The highest BCUT2D eigenvalue weighted by Gasteiger charge is 2.41. The maximum Gasteiger partial charge on any atom is 0.136 e. The maximum absolute atomic E-state index is 11.4. The van der Waals surface area contributed by atoms with Crippen LogP contribution in [-0.4, -0.2) is 5.78 Å². The molecule has 0 spiro atoms. The third kappa shape index (κ3) is 1.30. The molecule has 0 saturated heterocycles. The van der Waals surface area contributed by atoms with E-state index in [0.29, 0.717) is 17.1 Å².